The molecule has 0 spiro atoms. The molecule has 1 heterocycles. The van der Waals surface area contributed by atoms with Crippen molar-refractivity contribution in [3.63, 3.8) is 0 Å². The van der Waals surface area contributed by atoms with Crippen LogP contribution in [0.5, 0.6) is 0 Å². The zero-order valence-electron chi connectivity index (χ0n) is 24.5. The van der Waals surface area contributed by atoms with Gasteiger partial charge < -0.3 is 16.0 Å². The maximum Gasteiger partial charge on any atom is 0.319 e. The number of benzene rings is 2. The predicted molar refractivity (Wildman–Crippen MR) is 163 cm³/mol. The smallest absolute Gasteiger partial charge is 0.319 e. The van der Waals surface area contributed by atoms with Crippen LogP contribution in [0.3, 0.4) is 0 Å². The Morgan fingerprint density at radius 1 is 0.850 bits per heavy atom. The van der Waals surface area contributed by atoms with Gasteiger partial charge in [0.1, 0.15) is 0 Å². The number of nitrogens with one attached hydrogen (secondary N) is 3. The molecule has 2 aromatic carbocycles. The molecule has 2 unspecified atom stereocenters. The molecule has 3 N–H and O–H groups in total. The fraction of sp³-hybridized carbons (Fsp3) is 0.441. The molecule has 0 radical (unpaired) electrons. The van der Waals surface area contributed by atoms with Gasteiger partial charge in [-0.05, 0) is 71.6 Å². The lowest BCUT2D eigenvalue weighted by Crippen LogP contribution is -2.39. The van der Waals surface area contributed by atoms with Crippen molar-refractivity contribution in [3.05, 3.63) is 94.8 Å². The maximum absolute atomic E-state index is 13.9. The third-order valence-electron chi connectivity index (χ3n) is 8.18. The van der Waals surface area contributed by atoms with Crippen molar-refractivity contribution in [1.82, 2.24) is 15.6 Å². The minimum atomic E-state index is -0.365. The molecule has 2 atom stereocenters. The van der Waals surface area contributed by atoms with E-state index in [9.17, 15) is 9.59 Å². The minimum absolute atomic E-state index is 0.0305. The molecule has 4 rings (SSSR count). The van der Waals surface area contributed by atoms with Crippen LogP contribution in [-0.4, -0.2) is 24.0 Å². The van der Waals surface area contributed by atoms with E-state index < -0.39 is 0 Å². The zero-order valence-corrected chi connectivity index (χ0v) is 24.5. The predicted octanol–water partition coefficient (Wildman–Crippen LogP) is 7.91. The molecule has 6 heteroatoms. The van der Waals surface area contributed by atoms with Crippen molar-refractivity contribution in [2.24, 2.45) is 5.92 Å². The quantitative estimate of drug-likeness (QED) is 0.258. The number of anilines is 1. The van der Waals surface area contributed by atoms with E-state index in [1.165, 1.54) is 19.3 Å². The number of pyridine rings is 1. The first kappa shape index (κ1) is 29.3. The number of amides is 3. The van der Waals surface area contributed by atoms with E-state index in [-0.39, 0.29) is 35.7 Å². The molecule has 1 aromatic heterocycles. The second-order valence-corrected chi connectivity index (χ2v) is 11.6. The summed E-state index contributed by atoms with van der Waals surface area (Å²) >= 11 is 0. The van der Waals surface area contributed by atoms with Gasteiger partial charge in [0.15, 0.2) is 0 Å². The monoisotopic (exact) mass is 540 g/mol. The van der Waals surface area contributed by atoms with E-state index in [4.69, 9.17) is 4.98 Å². The number of urea groups is 1. The molecule has 40 heavy (non-hydrogen) atoms. The van der Waals surface area contributed by atoms with Crippen LogP contribution in [0.25, 0.3) is 0 Å². The Balaban J connectivity index is 1.77. The Hall–Kier alpha value is -3.67. The number of aromatic nitrogens is 1. The zero-order chi connectivity index (χ0) is 28.6. The molecular weight excluding hydrogens is 496 g/mol. The number of hydrogen-bond donors (Lipinski definition) is 3. The van der Waals surface area contributed by atoms with Gasteiger partial charge in [-0.2, -0.15) is 0 Å². The van der Waals surface area contributed by atoms with Gasteiger partial charge in [0.2, 0.25) is 0 Å². The number of carbonyl (C=O) groups excluding carboxylic acids is 2. The Morgan fingerprint density at radius 2 is 1.52 bits per heavy atom. The van der Waals surface area contributed by atoms with Crippen LogP contribution in [-0.2, 0) is 0 Å². The van der Waals surface area contributed by atoms with E-state index in [2.05, 4.69) is 67.9 Å². The molecule has 212 valence electrons. The minimum Gasteiger partial charge on any atom is -0.355 e. The standard InChI is InChI=1S/C34H44N4O2/c1-22(2)27-17-12-18-28(23(3)4)32(27)38-34(40)37-31(25-15-11-16-26(21-25)33(39)35-5)30(24-13-7-6-8-14-24)29-19-9-10-20-36-29/h9-12,15-24,30-31H,6-8,13-14H2,1-5H3,(H,35,39)(H2,37,38,40). The number of rotatable bonds is 9. The van der Waals surface area contributed by atoms with Crippen molar-refractivity contribution < 1.29 is 9.59 Å². The van der Waals surface area contributed by atoms with Crippen LogP contribution in [0.4, 0.5) is 10.5 Å². The normalized spacial score (nSPS) is 15.5. The van der Waals surface area contributed by atoms with Gasteiger partial charge in [0.25, 0.3) is 5.91 Å². The molecule has 3 aromatic rings. The first-order valence-corrected chi connectivity index (χ1v) is 14.7. The highest BCUT2D eigenvalue weighted by Crippen LogP contribution is 2.43. The van der Waals surface area contributed by atoms with Crippen LogP contribution in [0.15, 0.2) is 66.9 Å². The maximum atomic E-state index is 13.9. The van der Waals surface area contributed by atoms with Crippen LogP contribution < -0.4 is 16.0 Å². The Kier molecular flexibility index (Phi) is 9.97. The molecule has 1 aliphatic rings. The summed E-state index contributed by atoms with van der Waals surface area (Å²) in [5.74, 6) is 0.712. The third kappa shape index (κ3) is 6.90. The van der Waals surface area contributed by atoms with Crippen molar-refractivity contribution in [3.8, 4) is 0 Å². The van der Waals surface area contributed by atoms with Crippen molar-refractivity contribution >= 4 is 17.6 Å². The summed E-state index contributed by atoms with van der Waals surface area (Å²) in [4.78, 5) is 31.3. The lowest BCUT2D eigenvalue weighted by Gasteiger charge is -2.36. The molecule has 6 nitrogen and oxygen atoms in total. The van der Waals surface area contributed by atoms with E-state index in [0.717, 1.165) is 40.9 Å². The molecule has 1 saturated carbocycles. The summed E-state index contributed by atoms with van der Waals surface area (Å²) in [6.07, 6.45) is 7.58. The summed E-state index contributed by atoms with van der Waals surface area (Å²) < 4.78 is 0. The van der Waals surface area contributed by atoms with Crippen LogP contribution in [0, 0.1) is 5.92 Å². The largest absolute Gasteiger partial charge is 0.355 e. The number of hydrogen-bond acceptors (Lipinski definition) is 3. The van der Waals surface area contributed by atoms with Crippen molar-refractivity contribution in [1.29, 1.82) is 0 Å². The van der Waals surface area contributed by atoms with Gasteiger partial charge >= 0.3 is 6.03 Å². The molecule has 0 bridgehead atoms. The lowest BCUT2D eigenvalue weighted by molar-refractivity contribution is 0.0963. The average Bonchev–Trinajstić information content (AvgIpc) is 2.97. The molecular formula is C34H44N4O2. The van der Waals surface area contributed by atoms with Gasteiger partial charge in [-0.3, -0.25) is 9.78 Å². The summed E-state index contributed by atoms with van der Waals surface area (Å²) in [6.45, 7) is 8.59. The lowest BCUT2D eigenvalue weighted by atomic mass is 9.73. The van der Waals surface area contributed by atoms with Crippen LogP contribution >= 0.6 is 0 Å². The summed E-state index contributed by atoms with van der Waals surface area (Å²) in [5.41, 5.74) is 5.56. The second kappa shape index (κ2) is 13.6. The van der Waals surface area contributed by atoms with Crippen molar-refractivity contribution in [2.75, 3.05) is 12.4 Å². The number of para-hydroxylation sites is 1. The van der Waals surface area contributed by atoms with Crippen molar-refractivity contribution in [2.45, 2.75) is 83.6 Å². The fourth-order valence-electron chi connectivity index (χ4n) is 6.14. The molecule has 3 amide bonds. The first-order chi connectivity index (χ1) is 19.3. The highest BCUT2D eigenvalue weighted by Gasteiger charge is 2.35. The number of carbonyl (C=O) groups is 2. The molecule has 0 saturated heterocycles. The van der Waals surface area contributed by atoms with E-state index >= 15 is 0 Å². The molecule has 1 aliphatic carbocycles. The second-order valence-electron chi connectivity index (χ2n) is 11.6. The molecule has 1 fully saturated rings. The SMILES string of the molecule is CNC(=O)c1cccc(C(NC(=O)Nc2c(C(C)C)cccc2C(C)C)C(c2ccccn2)C2CCCCC2)c1. The van der Waals surface area contributed by atoms with Crippen LogP contribution in [0.1, 0.15) is 116 Å². The Morgan fingerprint density at radius 3 is 2.12 bits per heavy atom. The van der Waals surface area contributed by atoms with Gasteiger partial charge in [-0.25, -0.2) is 4.79 Å². The van der Waals surface area contributed by atoms with Gasteiger partial charge in [-0.15, -0.1) is 0 Å². The average molecular weight is 541 g/mol. The fourth-order valence-corrected chi connectivity index (χ4v) is 6.14. The topological polar surface area (TPSA) is 83.1 Å². The third-order valence-corrected chi connectivity index (χ3v) is 8.18. The van der Waals surface area contributed by atoms with Gasteiger partial charge in [-0.1, -0.05) is 83.4 Å². The summed E-state index contributed by atoms with van der Waals surface area (Å²) in [7, 11) is 1.63. The van der Waals surface area contributed by atoms with E-state index in [1.807, 2.05) is 42.6 Å². The van der Waals surface area contributed by atoms with Crippen LogP contribution in [0.2, 0.25) is 0 Å². The number of nitrogens with zero attached hydrogens (tertiary/aromatic N) is 1. The Labute approximate surface area is 239 Å². The summed E-state index contributed by atoms with van der Waals surface area (Å²) in [6, 6.07) is 19.3. The molecule has 0 aliphatic heterocycles. The summed E-state index contributed by atoms with van der Waals surface area (Å²) in [5, 5.41) is 9.35. The highest BCUT2D eigenvalue weighted by atomic mass is 16.2. The van der Waals surface area contributed by atoms with E-state index in [1.54, 1.807) is 7.05 Å². The van der Waals surface area contributed by atoms with Gasteiger partial charge in [0, 0.05) is 36.1 Å². The first-order valence-electron chi connectivity index (χ1n) is 14.7. The highest BCUT2D eigenvalue weighted by molar-refractivity contribution is 5.94. The Bertz CT molecular complexity index is 1260. The van der Waals surface area contributed by atoms with E-state index in [0.29, 0.717) is 11.5 Å². The van der Waals surface area contributed by atoms with Gasteiger partial charge in [0.05, 0.1) is 6.04 Å².